The Labute approximate surface area is 142 Å². The van der Waals surface area contributed by atoms with Gasteiger partial charge in [0.25, 0.3) is 0 Å². The van der Waals surface area contributed by atoms with Crippen molar-refractivity contribution in [1.82, 2.24) is 5.32 Å². The monoisotopic (exact) mass is 325 g/mol. The van der Waals surface area contributed by atoms with Gasteiger partial charge in [-0.2, -0.15) is 0 Å². The number of hydrogen-bond acceptors (Lipinski definition) is 4. The van der Waals surface area contributed by atoms with E-state index in [1.807, 2.05) is 18.2 Å². The van der Waals surface area contributed by atoms with E-state index in [2.05, 4.69) is 29.6 Å². The second-order valence-electron chi connectivity index (χ2n) is 5.97. The van der Waals surface area contributed by atoms with Crippen LogP contribution in [0.15, 0.2) is 48.5 Å². The van der Waals surface area contributed by atoms with Crippen LogP contribution in [-0.4, -0.2) is 19.1 Å². The first-order chi connectivity index (χ1) is 11.8. The van der Waals surface area contributed by atoms with E-state index in [1.165, 1.54) is 5.56 Å². The molecule has 1 N–H and O–H groups in total. The van der Waals surface area contributed by atoms with Crippen LogP contribution in [-0.2, 0) is 17.9 Å². The molecule has 0 aliphatic carbocycles. The van der Waals surface area contributed by atoms with E-state index in [4.69, 9.17) is 9.47 Å². The van der Waals surface area contributed by atoms with Crippen molar-refractivity contribution in [2.24, 2.45) is 0 Å². The molecule has 4 nitrogen and oxygen atoms in total. The predicted molar refractivity (Wildman–Crippen MR) is 93.1 cm³/mol. The number of esters is 1. The SMILES string of the molecule is O=C1OCc2cc(OCCCCCNCc3ccccc3)ccc21. The molecule has 0 radical (unpaired) electrons. The third kappa shape index (κ3) is 4.59. The zero-order valence-electron chi connectivity index (χ0n) is 13.8. The van der Waals surface area contributed by atoms with Gasteiger partial charge >= 0.3 is 5.97 Å². The van der Waals surface area contributed by atoms with Crippen LogP contribution in [0.2, 0.25) is 0 Å². The fraction of sp³-hybridized carbons (Fsp3) is 0.350. The Hall–Kier alpha value is -2.33. The number of fused-ring (bicyclic) bond motifs is 1. The Kier molecular flexibility index (Phi) is 5.85. The van der Waals surface area contributed by atoms with E-state index in [1.54, 1.807) is 6.07 Å². The number of ether oxygens (including phenoxy) is 2. The molecule has 0 atom stereocenters. The summed E-state index contributed by atoms with van der Waals surface area (Å²) >= 11 is 0. The third-order valence-corrected chi connectivity index (χ3v) is 4.09. The van der Waals surface area contributed by atoms with Gasteiger partial charge in [-0.15, -0.1) is 0 Å². The molecule has 0 fully saturated rings. The summed E-state index contributed by atoms with van der Waals surface area (Å²) in [5.41, 5.74) is 2.90. The number of rotatable bonds is 9. The van der Waals surface area contributed by atoms with E-state index >= 15 is 0 Å². The van der Waals surface area contributed by atoms with E-state index < -0.39 is 0 Å². The maximum atomic E-state index is 11.4. The minimum absolute atomic E-state index is 0.237. The van der Waals surface area contributed by atoms with Crippen molar-refractivity contribution in [2.75, 3.05) is 13.2 Å². The van der Waals surface area contributed by atoms with Gasteiger partial charge < -0.3 is 14.8 Å². The first-order valence-electron chi connectivity index (χ1n) is 8.50. The van der Waals surface area contributed by atoms with Crippen LogP contribution in [0.25, 0.3) is 0 Å². The Balaban J connectivity index is 1.26. The number of carbonyl (C=O) groups excluding carboxylic acids is 1. The lowest BCUT2D eigenvalue weighted by molar-refractivity contribution is 0.0535. The molecule has 1 aliphatic rings. The molecule has 2 aromatic carbocycles. The van der Waals surface area contributed by atoms with Gasteiger partial charge in [0.2, 0.25) is 0 Å². The number of cyclic esters (lactones) is 1. The second kappa shape index (κ2) is 8.50. The van der Waals surface area contributed by atoms with Gasteiger partial charge in [-0.25, -0.2) is 4.79 Å². The molecule has 3 rings (SSSR count). The van der Waals surface area contributed by atoms with Crippen LogP contribution in [0, 0.1) is 0 Å². The average Bonchev–Trinajstić information content (AvgIpc) is 2.99. The number of nitrogens with one attached hydrogen (secondary N) is 1. The summed E-state index contributed by atoms with van der Waals surface area (Å²) < 4.78 is 10.7. The van der Waals surface area contributed by atoms with Crippen LogP contribution in [0.4, 0.5) is 0 Å². The molecule has 0 spiro atoms. The van der Waals surface area contributed by atoms with Crippen molar-refractivity contribution in [1.29, 1.82) is 0 Å². The van der Waals surface area contributed by atoms with Gasteiger partial charge in [-0.1, -0.05) is 30.3 Å². The molecule has 0 saturated carbocycles. The lowest BCUT2D eigenvalue weighted by Gasteiger charge is -2.08. The van der Waals surface area contributed by atoms with Gasteiger partial charge in [0.15, 0.2) is 0 Å². The van der Waals surface area contributed by atoms with Gasteiger partial charge in [0.05, 0.1) is 12.2 Å². The molecule has 0 unspecified atom stereocenters. The zero-order valence-corrected chi connectivity index (χ0v) is 13.8. The molecule has 24 heavy (non-hydrogen) atoms. The molecule has 0 aromatic heterocycles. The Morgan fingerprint density at radius 1 is 1.04 bits per heavy atom. The zero-order chi connectivity index (χ0) is 16.6. The normalized spacial score (nSPS) is 12.8. The fourth-order valence-electron chi connectivity index (χ4n) is 2.75. The molecule has 4 heteroatoms. The summed E-state index contributed by atoms with van der Waals surface area (Å²) in [7, 11) is 0. The minimum Gasteiger partial charge on any atom is -0.494 e. The molecule has 1 heterocycles. The topological polar surface area (TPSA) is 47.6 Å². The van der Waals surface area contributed by atoms with Crippen LogP contribution < -0.4 is 10.1 Å². The second-order valence-corrected chi connectivity index (χ2v) is 5.97. The van der Waals surface area contributed by atoms with Crippen molar-refractivity contribution in [3.63, 3.8) is 0 Å². The highest BCUT2D eigenvalue weighted by Gasteiger charge is 2.21. The molecule has 126 valence electrons. The third-order valence-electron chi connectivity index (χ3n) is 4.09. The summed E-state index contributed by atoms with van der Waals surface area (Å²) in [6.45, 7) is 3.01. The van der Waals surface area contributed by atoms with Crippen molar-refractivity contribution in [2.45, 2.75) is 32.4 Å². The Bertz CT molecular complexity index is 670. The summed E-state index contributed by atoms with van der Waals surface area (Å²) in [6.07, 6.45) is 3.30. The van der Waals surface area contributed by atoms with E-state index in [0.29, 0.717) is 18.8 Å². The molecular weight excluding hydrogens is 302 g/mol. The van der Waals surface area contributed by atoms with Gasteiger partial charge in [-0.05, 0) is 49.6 Å². The molecule has 0 saturated heterocycles. The van der Waals surface area contributed by atoms with Crippen molar-refractivity contribution in [3.05, 3.63) is 65.2 Å². The number of benzene rings is 2. The smallest absolute Gasteiger partial charge is 0.338 e. The average molecular weight is 325 g/mol. The van der Waals surface area contributed by atoms with Crippen molar-refractivity contribution < 1.29 is 14.3 Å². The molecule has 2 aromatic rings. The first-order valence-corrected chi connectivity index (χ1v) is 8.50. The van der Waals surface area contributed by atoms with Gasteiger partial charge in [0, 0.05) is 12.1 Å². The van der Waals surface area contributed by atoms with Crippen molar-refractivity contribution in [3.8, 4) is 5.75 Å². The largest absolute Gasteiger partial charge is 0.494 e. The van der Waals surface area contributed by atoms with Crippen molar-refractivity contribution >= 4 is 5.97 Å². The first kappa shape index (κ1) is 16.5. The maximum Gasteiger partial charge on any atom is 0.338 e. The van der Waals surface area contributed by atoms with Gasteiger partial charge in [-0.3, -0.25) is 0 Å². The number of unbranched alkanes of at least 4 members (excludes halogenated alkanes) is 2. The quantitative estimate of drug-likeness (QED) is 0.564. The molecule has 0 bridgehead atoms. The van der Waals surface area contributed by atoms with E-state index in [9.17, 15) is 4.79 Å². The standard InChI is InChI=1S/C20H23NO3/c22-20-19-10-9-18(13-17(19)15-24-20)23-12-6-2-5-11-21-14-16-7-3-1-4-8-16/h1,3-4,7-10,13,21H,2,5-6,11-12,14-15H2. The number of carbonyl (C=O) groups is 1. The lowest BCUT2D eigenvalue weighted by Crippen LogP contribution is -2.14. The van der Waals surface area contributed by atoms with Crippen LogP contribution in [0.3, 0.4) is 0 Å². The van der Waals surface area contributed by atoms with Crippen LogP contribution in [0.1, 0.15) is 40.7 Å². The Morgan fingerprint density at radius 3 is 2.79 bits per heavy atom. The number of hydrogen-bond donors (Lipinski definition) is 1. The fourth-order valence-corrected chi connectivity index (χ4v) is 2.75. The summed E-state index contributed by atoms with van der Waals surface area (Å²) in [6, 6.07) is 16.0. The lowest BCUT2D eigenvalue weighted by atomic mass is 10.1. The van der Waals surface area contributed by atoms with Crippen LogP contribution >= 0.6 is 0 Å². The maximum absolute atomic E-state index is 11.4. The van der Waals surface area contributed by atoms with E-state index in [-0.39, 0.29) is 5.97 Å². The highest BCUT2D eigenvalue weighted by molar-refractivity contribution is 5.93. The molecular formula is C20H23NO3. The van der Waals surface area contributed by atoms with Crippen LogP contribution in [0.5, 0.6) is 5.75 Å². The van der Waals surface area contributed by atoms with E-state index in [0.717, 1.165) is 43.7 Å². The summed E-state index contributed by atoms with van der Waals surface area (Å²) in [4.78, 5) is 11.4. The summed E-state index contributed by atoms with van der Waals surface area (Å²) in [5.74, 6) is 0.578. The molecule has 1 aliphatic heterocycles. The highest BCUT2D eigenvalue weighted by atomic mass is 16.5. The highest BCUT2D eigenvalue weighted by Crippen LogP contribution is 2.24. The molecule has 0 amide bonds. The van der Waals surface area contributed by atoms with Gasteiger partial charge in [0.1, 0.15) is 12.4 Å². The Morgan fingerprint density at radius 2 is 1.92 bits per heavy atom. The minimum atomic E-state index is -0.237. The summed E-state index contributed by atoms with van der Waals surface area (Å²) in [5, 5.41) is 3.46. The predicted octanol–water partition coefficient (Wildman–Crippen LogP) is 3.70.